The molecule has 0 radical (unpaired) electrons. The van der Waals surface area contributed by atoms with Crippen molar-refractivity contribution >= 4 is 27.7 Å². The average Bonchev–Trinajstić information content (AvgIpc) is 2.70. The maximum absolute atomic E-state index is 11.9. The minimum Gasteiger partial charge on any atom is -0.354 e. The molecule has 1 aliphatic rings. The Labute approximate surface area is 110 Å². The van der Waals surface area contributed by atoms with E-state index in [1.807, 2.05) is 24.3 Å². The average molecular weight is 286 g/mol. The Bertz CT molecular complexity index is 557. The molecule has 0 saturated heterocycles. The standard InChI is InChI=1S/C11H14N2O3S2/c12-18(15,16)6-5-13-11(14)9-7-17-10-4-2-1-3-8(9)10/h1-4,9H,5-7H2,(H,13,14)(H2,12,15,16). The number of nitrogens with two attached hydrogens (primary N) is 1. The minimum absolute atomic E-state index is 0.0565. The van der Waals surface area contributed by atoms with Crippen LogP contribution in [0.25, 0.3) is 0 Å². The number of sulfonamides is 1. The molecule has 98 valence electrons. The van der Waals surface area contributed by atoms with Gasteiger partial charge in [-0.1, -0.05) is 18.2 Å². The van der Waals surface area contributed by atoms with Crippen molar-refractivity contribution in [3.63, 3.8) is 0 Å². The predicted octanol–water partition coefficient (Wildman–Crippen LogP) is 0.281. The SMILES string of the molecule is NS(=O)(=O)CCNC(=O)C1CSc2ccccc21. The summed E-state index contributed by atoms with van der Waals surface area (Å²) in [6.45, 7) is 0.0565. The highest BCUT2D eigenvalue weighted by atomic mass is 32.2. The number of hydrogen-bond donors (Lipinski definition) is 2. The topological polar surface area (TPSA) is 89.3 Å². The van der Waals surface area contributed by atoms with E-state index in [-0.39, 0.29) is 24.1 Å². The zero-order valence-electron chi connectivity index (χ0n) is 9.63. The van der Waals surface area contributed by atoms with Gasteiger partial charge in [0.2, 0.25) is 15.9 Å². The van der Waals surface area contributed by atoms with Crippen LogP contribution in [0.3, 0.4) is 0 Å². The van der Waals surface area contributed by atoms with Crippen molar-refractivity contribution in [3.8, 4) is 0 Å². The lowest BCUT2D eigenvalue weighted by Crippen LogP contribution is -2.34. The van der Waals surface area contributed by atoms with E-state index in [2.05, 4.69) is 5.32 Å². The molecule has 0 aromatic heterocycles. The van der Waals surface area contributed by atoms with Crippen molar-refractivity contribution in [2.45, 2.75) is 10.8 Å². The van der Waals surface area contributed by atoms with Crippen LogP contribution in [0.5, 0.6) is 0 Å². The van der Waals surface area contributed by atoms with E-state index in [0.29, 0.717) is 5.75 Å². The molecule has 5 nitrogen and oxygen atoms in total. The smallest absolute Gasteiger partial charge is 0.228 e. The zero-order valence-corrected chi connectivity index (χ0v) is 11.3. The number of nitrogens with one attached hydrogen (secondary N) is 1. The Morgan fingerprint density at radius 2 is 2.17 bits per heavy atom. The normalized spacial score (nSPS) is 18.4. The van der Waals surface area contributed by atoms with Crippen LogP contribution in [0.4, 0.5) is 0 Å². The Morgan fingerprint density at radius 1 is 1.44 bits per heavy atom. The van der Waals surface area contributed by atoms with Crippen LogP contribution in [0.2, 0.25) is 0 Å². The van der Waals surface area contributed by atoms with Gasteiger partial charge in [-0.15, -0.1) is 11.8 Å². The van der Waals surface area contributed by atoms with Gasteiger partial charge < -0.3 is 5.32 Å². The second-order valence-corrected chi connectivity index (χ2v) is 6.86. The molecule has 0 aliphatic carbocycles. The summed E-state index contributed by atoms with van der Waals surface area (Å²) in [5.41, 5.74) is 1.01. The number of fused-ring (bicyclic) bond motifs is 1. The molecule has 1 unspecified atom stereocenters. The maximum atomic E-state index is 11.9. The summed E-state index contributed by atoms with van der Waals surface area (Å²) in [5.74, 6) is 0.114. The summed E-state index contributed by atoms with van der Waals surface area (Å²) in [7, 11) is -3.52. The lowest BCUT2D eigenvalue weighted by atomic mass is 10.0. The number of amides is 1. The van der Waals surface area contributed by atoms with Crippen molar-refractivity contribution in [3.05, 3.63) is 29.8 Å². The van der Waals surface area contributed by atoms with Crippen LogP contribution < -0.4 is 10.5 Å². The molecule has 2 rings (SSSR count). The fourth-order valence-corrected chi connectivity index (χ4v) is 3.43. The Kier molecular flexibility index (Phi) is 3.94. The zero-order chi connectivity index (χ0) is 13.2. The number of thioether (sulfide) groups is 1. The van der Waals surface area contributed by atoms with Gasteiger partial charge in [0.05, 0.1) is 11.7 Å². The minimum atomic E-state index is -3.52. The van der Waals surface area contributed by atoms with E-state index in [9.17, 15) is 13.2 Å². The van der Waals surface area contributed by atoms with Crippen molar-refractivity contribution < 1.29 is 13.2 Å². The third-order valence-electron chi connectivity index (χ3n) is 2.70. The molecule has 1 atom stereocenters. The van der Waals surface area contributed by atoms with Crippen LogP contribution in [0.1, 0.15) is 11.5 Å². The van der Waals surface area contributed by atoms with Crippen molar-refractivity contribution in [1.82, 2.24) is 5.32 Å². The summed E-state index contributed by atoms with van der Waals surface area (Å²) < 4.78 is 21.5. The van der Waals surface area contributed by atoms with Crippen LogP contribution in [-0.2, 0) is 14.8 Å². The van der Waals surface area contributed by atoms with Crippen LogP contribution in [0, 0.1) is 0 Å². The Balaban J connectivity index is 1.96. The first-order valence-electron chi connectivity index (χ1n) is 5.47. The molecular formula is C11H14N2O3S2. The molecule has 3 N–H and O–H groups in total. The lowest BCUT2D eigenvalue weighted by molar-refractivity contribution is -0.121. The number of hydrogen-bond acceptors (Lipinski definition) is 4. The molecule has 1 amide bonds. The summed E-state index contributed by atoms with van der Waals surface area (Å²) in [6.07, 6.45) is 0. The Morgan fingerprint density at radius 3 is 2.89 bits per heavy atom. The maximum Gasteiger partial charge on any atom is 0.228 e. The van der Waals surface area contributed by atoms with E-state index in [4.69, 9.17) is 5.14 Å². The monoisotopic (exact) mass is 286 g/mol. The predicted molar refractivity (Wildman–Crippen MR) is 70.9 cm³/mol. The van der Waals surface area contributed by atoms with Gasteiger partial charge in [-0.3, -0.25) is 4.79 Å². The van der Waals surface area contributed by atoms with Gasteiger partial charge >= 0.3 is 0 Å². The highest BCUT2D eigenvalue weighted by Crippen LogP contribution is 2.39. The molecular weight excluding hydrogens is 272 g/mol. The van der Waals surface area contributed by atoms with Gasteiger partial charge in [-0.25, -0.2) is 13.6 Å². The van der Waals surface area contributed by atoms with Gasteiger partial charge in [0.15, 0.2) is 0 Å². The molecule has 7 heteroatoms. The number of benzene rings is 1. The highest BCUT2D eigenvalue weighted by Gasteiger charge is 2.28. The fourth-order valence-electron chi connectivity index (χ4n) is 1.82. The molecule has 18 heavy (non-hydrogen) atoms. The molecule has 0 bridgehead atoms. The Hall–Kier alpha value is -1.05. The second-order valence-electron chi connectivity index (χ2n) is 4.06. The van der Waals surface area contributed by atoms with E-state index in [0.717, 1.165) is 10.5 Å². The largest absolute Gasteiger partial charge is 0.354 e. The van der Waals surface area contributed by atoms with Crippen molar-refractivity contribution in [1.29, 1.82) is 0 Å². The first kappa shape index (κ1) is 13.4. The first-order valence-corrected chi connectivity index (χ1v) is 8.17. The van der Waals surface area contributed by atoms with E-state index in [1.54, 1.807) is 11.8 Å². The number of rotatable bonds is 4. The number of carbonyl (C=O) groups excluding carboxylic acids is 1. The van der Waals surface area contributed by atoms with Crippen molar-refractivity contribution in [2.75, 3.05) is 18.1 Å². The first-order chi connectivity index (χ1) is 8.47. The molecule has 1 aliphatic heterocycles. The van der Waals surface area contributed by atoms with Gasteiger partial charge in [0.1, 0.15) is 0 Å². The highest BCUT2D eigenvalue weighted by molar-refractivity contribution is 7.99. The summed E-state index contributed by atoms with van der Waals surface area (Å²) >= 11 is 1.64. The molecule has 0 fully saturated rings. The summed E-state index contributed by atoms with van der Waals surface area (Å²) in [6, 6.07) is 7.75. The summed E-state index contributed by atoms with van der Waals surface area (Å²) in [5, 5.41) is 7.48. The quantitative estimate of drug-likeness (QED) is 0.832. The fraction of sp³-hybridized carbons (Fsp3) is 0.364. The van der Waals surface area contributed by atoms with Gasteiger partial charge in [0.25, 0.3) is 0 Å². The number of primary sulfonamides is 1. The van der Waals surface area contributed by atoms with Gasteiger partial charge in [0, 0.05) is 17.2 Å². The number of carbonyl (C=O) groups is 1. The molecule has 1 aromatic carbocycles. The van der Waals surface area contributed by atoms with E-state index in [1.165, 1.54) is 0 Å². The molecule has 1 aromatic rings. The van der Waals surface area contributed by atoms with Crippen LogP contribution >= 0.6 is 11.8 Å². The van der Waals surface area contributed by atoms with E-state index < -0.39 is 10.0 Å². The van der Waals surface area contributed by atoms with Crippen LogP contribution in [-0.4, -0.2) is 32.4 Å². The lowest BCUT2D eigenvalue weighted by Gasteiger charge is -2.10. The molecule has 1 heterocycles. The second kappa shape index (κ2) is 5.29. The summed E-state index contributed by atoms with van der Waals surface area (Å²) in [4.78, 5) is 13.0. The third kappa shape index (κ3) is 3.24. The molecule has 0 saturated carbocycles. The third-order valence-corrected chi connectivity index (χ3v) is 4.66. The van der Waals surface area contributed by atoms with E-state index >= 15 is 0 Å². The van der Waals surface area contributed by atoms with Gasteiger partial charge in [-0.05, 0) is 11.6 Å². The van der Waals surface area contributed by atoms with Gasteiger partial charge in [-0.2, -0.15) is 0 Å². The van der Waals surface area contributed by atoms with Crippen molar-refractivity contribution in [2.24, 2.45) is 5.14 Å². The molecule has 0 spiro atoms. The van der Waals surface area contributed by atoms with Crippen LogP contribution in [0.15, 0.2) is 29.2 Å².